The Morgan fingerprint density at radius 2 is 1.80 bits per heavy atom. The lowest BCUT2D eigenvalue weighted by molar-refractivity contribution is -0.311. The Hall–Kier alpha value is -3.98. The number of aliphatic hydroxyl groups excluding tert-OH is 1. The summed E-state index contributed by atoms with van der Waals surface area (Å²) in [5.74, 6) is -2.63. The number of benzene rings is 2. The first-order valence-electron chi connectivity index (χ1n) is 16.7. The fourth-order valence-corrected chi connectivity index (χ4v) is 6.74. The number of rotatable bonds is 17. The summed E-state index contributed by atoms with van der Waals surface area (Å²) < 4.78 is 0. The van der Waals surface area contributed by atoms with E-state index in [1.807, 2.05) is 48.5 Å². The van der Waals surface area contributed by atoms with Crippen molar-refractivity contribution in [1.82, 2.24) is 20.6 Å². The summed E-state index contributed by atoms with van der Waals surface area (Å²) in [6.45, 7) is 8.12. The SMILES string of the molecule is C=C[C@@H](C[C@H](O)[C@H](CC1CCCCC1)NC(=O)[C@H](Cc1cnc[nH]1)NC(=O)CC(Cc1cccc2ccccc12)C(=O)[O-])C(C)C. The molecule has 1 saturated carbocycles. The number of carboxylic acid groups (broad SMARTS) is 1. The Balaban J connectivity index is 1.49. The van der Waals surface area contributed by atoms with Crippen molar-refractivity contribution in [2.45, 2.75) is 96.2 Å². The minimum atomic E-state index is -1.32. The molecule has 0 bridgehead atoms. The van der Waals surface area contributed by atoms with Gasteiger partial charge in [-0.2, -0.15) is 0 Å². The Labute approximate surface area is 272 Å². The second-order valence-corrected chi connectivity index (χ2v) is 13.3. The summed E-state index contributed by atoms with van der Waals surface area (Å²) in [4.78, 5) is 46.5. The van der Waals surface area contributed by atoms with Crippen molar-refractivity contribution in [3.05, 3.63) is 78.9 Å². The molecule has 1 heterocycles. The summed E-state index contributed by atoms with van der Waals surface area (Å²) in [6.07, 6.45) is 10.8. The van der Waals surface area contributed by atoms with E-state index in [0.29, 0.717) is 24.5 Å². The Morgan fingerprint density at radius 3 is 2.48 bits per heavy atom. The molecule has 0 aliphatic heterocycles. The number of hydrogen-bond acceptors (Lipinski definition) is 6. The molecule has 0 spiro atoms. The van der Waals surface area contributed by atoms with Crippen molar-refractivity contribution in [3.63, 3.8) is 0 Å². The van der Waals surface area contributed by atoms with Gasteiger partial charge in [0.2, 0.25) is 11.8 Å². The number of fused-ring (bicyclic) bond motifs is 1. The van der Waals surface area contributed by atoms with Gasteiger partial charge >= 0.3 is 0 Å². The van der Waals surface area contributed by atoms with Crippen LogP contribution in [0.1, 0.15) is 76.5 Å². The monoisotopic (exact) mass is 629 g/mol. The van der Waals surface area contributed by atoms with Crippen molar-refractivity contribution in [1.29, 1.82) is 0 Å². The summed E-state index contributed by atoms with van der Waals surface area (Å²) in [7, 11) is 0. The molecule has 9 heteroatoms. The first-order valence-corrected chi connectivity index (χ1v) is 16.7. The molecule has 0 saturated heterocycles. The number of carbonyl (C=O) groups is 3. The number of imidazole rings is 1. The van der Waals surface area contributed by atoms with E-state index in [2.05, 4.69) is 41.0 Å². The van der Waals surface area contributed by atoms with Crippen LogP contribution in [0, 0.1) is 23.7 Å². The molecule has 3 aromatic rings. The second kappa shape index (κ2) is 17.1. The number of nitrogens with zero attached hydrogens (tertiary/aromatic N) is 1. The van der Waals surface area contributed by atoms with Gasteiger partial charge in [-0.3, -0.25) is 9.59 Å². The summed E-state index contributed by atoms with van der Waals surface area (Å²) in [6, 6.07) is 11.9. The Morgan fingerprint density at radius 1 is 1.07 bits per heavy atom. The average molecular weight is 630 g/mol. The summed E-state index contributed by atoms with van der Waals surface area (Å²) >= 11 is 0. The van der Waals surface area contributed by atoms with Crippen LogP contribution in [0.2, 0.25) is 0 Å². The fourth-order valence-electron chi connectivity index (χ4n) is 6.74. The van der Waals surface area contributed by atoms with Crippen LogP contribution in [0.3, 0.4) is 0 Å². The largest absolute Gasteiger partial charge is 0.550 e. The Bertz CT molecular complexity index is 1430. The zero-order chi connectivity index (χ0) is 33.1. The van der Waals surface area contributed by atoms with Crippen molar-refractivity contribution >= 4 is 28.6 Å². The molecule has 1 aliphatic carbocycles. The first-order chi connectivity index (χ1) is 22.1. The number of hydrogen-bond donors (Lipinski definition) is 4. The third kappa shape index (κ3) is 10.0. The van der Waals surface area contributed by atoms with Crippen molar-refractivity contribution in [2.75, 3.05) is 0 Å². The third-order valence-corrected chi connectivity index (χ3v) is 9.52. The highest BCUT2D eigenvalue weighted by molar-refractivity contribution is 5.90. The van der Waals surface area contributed by atoms with Crippen LogP contribution in [-0.2, 0) is 27.2 Å². The number of H-pyrrole nitrogens is 1. The maximum atomic E-state index is 13.9. The van der Waals surface area contributed by atoms with E-state index in [1.54, 1.807) is 6.20 Å². The van der Waals surface area contributed by atoms with Gasteiger partial charge in [0.25, 0.3) is 0 Å². The smallest absolute Gasteiger partial charge is 0.243 e. The van der Waals surface area contributed by atoms with E-state index in [4.69, 9.17) is 0 Å². The molecule has 9 nitrogen and oxygen atoms in total. The van der Waals surface area contributed by atoms with Crippen LogP contribution >= 0.6 is 0 Å². The van der Waals surface area contributed by atoms with Crippen molar-refractivity contribution in [2.24, 2.45) is 23.7 Å². The van der Waals surface area contributed by atoms with Gasteiger partial charge in [0.1, 0.15) is 6.04 Å². The molecule has 248 valence electrons. The predicted molar refractivity (Wildman–Crippen MR) is 177 cm³/mol. The normalized spacial score (nSPS) is 17.1. The molecule has 5 atom stereocenters. The number of carbonyl (C=O) groups excluding carboxylic acids is 3. The molecule has 4 N–H and O–H groups in total. The van der Waals surface area contributed by atoms with Gasteiger partial charge < -0.3 is 30.6 Å². The van der Waals surface area contributed by atoms with E-state index < -0.39 is 41.9 Å². The van der Waals surface area contributed by atoms with E-state index in [-0.39, 0.29) is 31.1 Å². The van der Waals surface area contributed by atoms with Gasteiger partial charge in [-0.25, -0.2) is 4.98 Å². The highest BCUT2D eigenvalue weighted by Gasteiger charge is 2.31. The van der Waals surface area contributed by atoms with Gasteiger partial charge in [0, 0.05) is 36.6 Å². The minimum absolute atomic E-state index is 0.0875. The van der Waals surface area contributed by atoms with Crippen molar-refractivity contribution < 1.29 is 24.6 Å². The van der Waals surface area contributed by atoms with E-state index in [1.165, 1.54) is 12.7 Å². The minimum Gasteiger partial charge on any atom is -0.550 e. The molecular weight excluding hydrogens is 580 g/mol. The quantitative estimate of drug-likeness (QED) is 0.164. The molecule has 0 radical (unpaired) electrons. The zero-order valence-electron chi connectivity index (χ0n) is 27.1. The number of aliphatic hydroxyl groups is 1. The van der Waals surface area contributed by atoms with Crippen LogP contribution in [-0.4, -0.2) is 51.0 Å². The van der Waals surface area contributed by atoms with Gasteiger partial charge in [-0.05, 0) is 53.4 Å². The molecule has 46 heavy (non-hydrogen) atoms. The van der Waals surface area contributed by atoms with Gasteiger partial charge in [-0.1, -0.05) is 94.5 Å². The zero-order valence-corrected chi connectivity index (χ0v) is 27.1. The maximum absolute atomic E-state index is 13.9. The van der Waals surface area contributed by atoms with Gasteiger partial charge in [-0.15, -0.1) is 6.58 Å². The number of nitrogens with one attached hydrogen (secondary N) is 3. The molecule has 2 aromatic carbocycles. The number of aromatic amines is 1. The first kappa shape index (κ1) is 34.9. The number of aliphatic carboxylic acids is 1. The van der Waals surface area contributed by atoms with E-state index in [9.17, 15) is 24.6 Å². The average Bonchev–Trinajstić information content (AvgIpc) is 3.56. The molecule has 1 fully saturated rings. The van der Waals surface area contributed by atoms with E-state index in [0.717, 1.165) is 42.0 Å². The number of carboxylic acids is 1. The van der Waals surface area contributed by atoms with Gasteiger partial charge in [0.05, 0.1) is 18.5 Å². The molecule has 1 unspecified atom stereocenters. The maximum Gasteiger partial charge on any atom is 0.243 e. The van der Waals surface area contributed by atoms with Crippen LogP contribution in [0.5, 0.6) is 0 Å². The molecule has 1 aliphatic rings. The number of aromatic nitrogens is 2. The van der Waals surface area contributed by atoms with Crippen LogP contribution in [0.4, 0.5) is 0 Å². The predicted octanol–water partition coefficient (Wildman–Crippen LogP) is 4.25. The third-order valence-electron chi connectivity index (χ3n) is 9.52. The summed E-state index contributed by atoms with van der Waals surface area (Å²) in [5.41, 5.74) is 1.45. The lowest BCUT2D eigenvalue weighted by Crippen LogP contribution is -2.54. The lowest BCUT2D eigenvalue weighted by atomic mass is 9.81. The Kier molecular flexibility index (Phi) is 13.0. The molecular formula is C37H49N4O5-. The molecule has 4 rings (SSSR count). The number of amides is 2. The van der Waals surface area contributed by atoms with E-state index >= 15 is 0 Å². The van der Waals surface area contributed by atoms with Crippen LogP contribution in [0.25, 0.3) is 10.8 Å². The molecule has 2 amide bonds. The number of allylic oxidation sites excluding steroid dienone is 1. The van der Waals surface area contributed by atoms with Crippen LogP contribution in [0.15, 0.2) is 67.6 Å². The van der Waals surface area contributed by atoms with Crippen molar-refractivity contribution in [3.8, 4) is 0 Å². The fraction of sp³-hybridized carbons (Fsp3) is 0.514. The lowest BCUT2D eigenvalue weighted by Gasteiger charge is -2.33. The highest BCUT2D eigenvalue weighted by Crippen LogP contribution is 2.30. The standard InChI is InChI=1S/C37H50N4O5/c1-4-26(24(2)3)19-34(42)32(17-25-11-6-5-7-12-25)41-36(44)33(21-30-22-38-23-39-30)40-35(43)20-29(37(45)46)18-28-15-10-14-27-13-8-9-16-31(27)28/h4,8-10,13-16,22-26,29,32-34,42H,1,5-7,11-12,17-21H2,2-3H3,(H,38,39)(H,40,43)(H,41,44)(H,45,46)/p-1/t26-,29?,32-,33-,34-/m0/s1. The van der Waals surface area contributed by atoms with Crippen LogP contribution < -0.4 is 15.7 Å². The highest BCUT2D eigenvalue weighted by atomic mass is 16.4. The van der Waals surface area contributed by atoms with Gasteiger partial charge in [0.15, 0.2) is 0 Å². The molecule has 1 aromatic heterocycles. The topological polar surface area (TPSA) is 147 Å². The summed E-state index contributed by atoms with van der Waals surface area (Å²) in [5, 5.41) is 31.4. The second-order valence-electron chi connectivity index (χ2n) is 13.3.